The second-order valence-corrected chi connectivity index (χ2v) is 5.48. The fourth-order valence-electron chi connectivity index (χ4n) is 2.15. The van der Waals surface area contributed by atoms with Crippen molar-refractivity contribution in [1.82, 2.24) is 4.98 Å². The van der Waals surface area contributed by atoms with E-state index in [1.54, 1.807) is 0 Å². The highest BCUT2D eigenvalue weighted by Gasteiger charge is 2.15. The third-order valence-electron chi connectivity index (χ3n) is 3.09. The van der Waals surface area contributed by atoms with Crippen LogP contribution in [0.15, 0.2) is 17.2 Å². The zero-order valence-electron chi connectivity index (χ0n) is 10.3. The minimum absolute atomic E-state index is 0.573. The summed E-state index contributed by atoms with van der Waals surface area (Å²) in [7, 11) is 0. The van der Waals surface area contributed by atoms with E-state index in [4.69, 9.17) is 10.5 Å². The SMILES string of the molecule is CCOc1nc(SCC2CCCC2)ccc1N. The van der Waals surface area contributed by atoms with Crippen LogP contribution in [0.2, 0.25) is 0 Å². The fraction of sp³-hybridized carbons (Fsp3) is 0.615. The van der Waals surface area contributed by atoms with Crippen LogP contribution in [0.5, 0.6) is 5.88 Å². The van der Waals surface area contributed by atoms with Gasteiger partial charge in [-0.05, 0) is 37.8 Å². The minimum Gasteiger partial charge on any atom is -0.476 e. The van der Waals surface area contributed by atoms with Gasteiger partial charge in [-0.1, -0.05) is 12.8 Å². The van der Waals surface area contributed by atoms with Crippen molar-refractivity contribution in [3.63, 3.8) is 0 Å². The topological polar surface area (TPSA) is 48.1 Å². The number of rotatable bonds is 5. The number of nitrogens with zero attached hydrogens (tertiary/aromatic N) is 1. The Hall–Kier alpha value is -0.900. The maximum Gasteiger partial charge on any atom is 0.238 e. The third-order valence-corrected chi connectivity index (χ3v) is 4.25. The smallest absolute Gasteiger partial charge is 0.238 e. The van der Waals surface area contributed by atoms with Crippen LogP contribution < -0.4 is 10.5 Å². The van der Waals surface area contributed by atoms with Crippen molar-refractivity contribution in [2.24, 2.45) is 5.92 Å². The predicted octanol–water partition coefficient (Wildman–Crippen LogP) is 3.34. The fourth-order valence-corrected chi connectivity index (χ4v) is 3.20. The van der Waals surface area contributed by atoms with Crippen molar-refractivity contribution in [3.05, 3.63) is 12.1 Å². The van der Waals surface area contributed by atoms with Crippen LogP contribution in [0.25, 0.3) is 0 Å². The molecule has 0 unspecified atom stereocenters. The molecule has 1 saturated carbocycles. The van der Waals surface area contributed by atoms with Crippen molar-refractivity contribution in [1.29, 1.82) is 0 Å². The molecule has 1 aromatic rings. The molecule has 0 bridgehead atoms. The van der Waals surface area contributed by atoms with Crippen LogP contribution in [-0.4, -0.2) is 17.3 Å². The summed E-state index contributed by atoms with van der Waals surface area (Å²) in [5.41, 5.74) is 6.42. The molecule has 0 aromatic carbocycles. The zero-order valence-corrected chi connectivity index (χ0v) is 11.1. The molecule has 1 aliphatic rings. The van der Waals surface area contributed by atoms with Crippen LogP contribution in [0.3, 0.4) is 0 Å². The maximum atomic E-state index is 5.80. The van der Waals surface area contributed by atoms with E-state index in [0.717, 1.165) is 10.9 Å². The van der Waals surface area contributed by atoms with Crippen molar-refractivity contribution < 1.29 is 4.74 Å². The Morgan fingerprint density at radius 2 is 2.18 bits per heavy atom. The largest absolute Gasteiger partial charge is 0.476 e. The Morgan fingerprint density at radius 1 is 1.41 bits per heavy atom. The molecule has 2 rings (SSSR count). The number of hydrogen-bond acceptors (Lipinski definition) is 4. The first kappa shape index (κ1) is 12.6. The monoisotopic (exact) mass is 252 g/mol. The van der Waals surface area contributed by atoms with Gasteiger partial charge in [-0.2, -0.15) is 0 Å². The molecule has 0 radical (unpaired) electrons. The maximum absolute atomic E-state index is 5.80. The molecule has 94 valence electrons. The minimum atomic E-state index is 0.573. The van der Waals surface area contributed by atoms with E-state index >= 15 is 0 Å². The van der Waals surface area contributed by atoms with Crippen molar-refractivity contribution >= 4 is 17.4 Å². The second-order valence-electron chi connectivity index (χ2n) is 4.44. The van der Waals surface area contributed by atoms with Crippen molar-refractivity contribution in [3.8, 4) is 5.88 Å². The highest BCUT2D eigenvalue weighted by molar-refractivity contribution is 7.99. The molecule has 17 heavy (non-hydrogen) atoms. The molecular formula is C13H20N2OS. The quantitative estimate of drug-likeness (QED) is 0.816. The first-order valence-corrected chi connectivity index (χ1v) is 7.30. The number of hydrogen-bond donors (Lipinski definition) is 1. The van der Waals surface area contributed by atoms with Crippen LogP contribution in [0, 0.1) is 5.92 Å². The van der Waals surface area contributed by atoms with Crippen molar-refractivity contribution in [2.75, 3.05) is 18.1 Å². The number of thioether (sulfide) groups is 1. The molecule has 1 aliphatic carbocycles. The Kier molecular flexibility index (Phi) is 4.54. The Labute approximate surface area is 107 Å². The molecule has 2 N–H and O–H groups in total. The van der Waals surface area contributed by atoms with E-state index in [-0.39, 0.29) is 0 Å². The Morgan fingerprint density at radius 3 is 2.88 bits per heavy atom. The Balaban J connectivity index is 1.93. The van der Waals surface area contributed by atoms with Gasteiger partial charge in [0.05, 0.1) is 12.3 Å². The van der Waals surface area contributed by atoms with E-state index in [0.29, 0.717) is 18.2 Å². The van der Waals surface area contributed by atoms with Gasteiger partial charge in [-0.15, -0.1) is 11.8 Å². The molecule has 0 spiro atoms. The van der Waals surface area contributed by atoms with Gasteiger partial charge in [-0.25, -0.2) is 4.98 Å². The summed E-state index contributed by atoms with van der Waals surface area (Å²) in [6.07, 6.45) is 5.54. The molecule has 0 atom stereocenters. The normalized spacial score (nSPS) is 16.3. The lowest BCUT2D eigenvalue weighted by Crippen LogP contribution is -2.01. The highest BCUT2D eigenvalue weighted by Crippen LogP contribution is 2.31. The van der Waals surface area contributed by atoms with Gasteiger partial charge in [0.15, 0.2) is 0 Å². The number of aromatic nitrogens is 1. The van der Waals surface area contributed by atoms with E-state index in [2.05, 4.69) is 4.98 Å². The number of nitrogens with two attached hydrogens (primary N) is 1. The summed E-state index contributed by atoms with van der Waals surface area (Å²) >= 11 is 1.82. The van der Waals surface area contributed by atoms with E-state index < -0.39 is 0 Å². The van der Waals surface area contributed by atoms with E-state index in [1.807, 2.05) is 30.8 Å². The number of nitrogen functional groups attached to an aromatic ring is 1. The summed E-state index contributed by atoms with van der Waals surface area (Å²) in [6, 6.07) is 3.87. The summed E-state index contributed by atoms with van der Waals surface area (Å²) in [4.78, 5) is 4.44. The third kappa shape index (κ3) is 3.53. The van der Waals surface area contributed by atoms with Gasteiger partial charge in [0, 0.05) is 5.75 Å². The molecule has 0 aliphatic heterocycles. The molecule has 1 aromatic heterocycles. The lowest BCUT2D eigenvalue weighted by Gasteiger charge is -2.10. The lowest BCUT2D eigenvalue weighted by atomic mass is 10.1. The summed E-state index contributed by atoms with van der Waals surface area (Å²) < 4.78 is 5.40. The molecule has 1 heterocycles. The van der Waals surface area contributed by atoms with Crippen LogP contribution in [0.1, 0.15) is 32.6 Å². The van der Waals surface area contributed by atoms with Crippen molar-refractivity contribution in [2.45, 2.75) is 37.6 Å². The second kappa shape index (κ2) is 6.15. The molecule has 0 amide bonds. The van der Waals surface area contributed by atoms with E-state index in [9.17, 15) is 0 Å². The lowest BCUT2D eigenvalue weighted by molar-refractivity contribution is 0.326. The first-order chi connectivity index (χ1) is 8.29. The van der Waals surface area contributed by atoms with E-state index in [1.165, 1.54) is 31.4 Å². The average Bonchev–Trinajstić information content (AvgIpc) is 2.83. The molecule has 4 heteroatoms. The van der Waals surface area contributed by atoms with Crippen LogP contribution in [0.4, 0.5) is 5.69 Å². The van der Waals surface area contributed by atoms with Gasteiger partial charge in [0.1, 0.15) is 5.03 Å². The molecule has 3 nitrogen and oxygen atoms in total. The highest BCUT2D eigenvalue weighted by atomic mass is 32.2. The zero-order chi connectivity index (χ0) is 12.1. The first-order valence-electron chi connectivity index (χ1n) is 6.31. The Bertz CT molecular complexity index is 364. The summed E-state index contributed by atoms with van der Waals surface area (Å²) in [5.74, 6) is 2.61. The predicted molar refractivity (Wildman–Crippen MR) is 72.5 cm³/mol. The van der Waals surface area contributed by atoms with Gasteiger partial charge in [-0.3, -0.25) is 0 Å². The van der Waals surface area contributed by atoms with Gasteiger partial charge < -0.3 is 10.5 Å². The molecule has 0 saturated heterocycles. The number of ether oxygens (including phenoxy) is 1. The van der Waals surface area contributed by atoms with Crippen LogP contribution >= 0.6 is 11.8 Å². The summed E-state index contributed by atoms with van der Waals surface area (Å²) in [6.45, 7) is 2.55. The standard InChI is InChI=1S/C13H20N2OS/c1-2-16-13-11(14)7-8-12(15-13)17-9-10-5-3-4-6-10/h7-8,10H,2-6,9,14H2,1H3. The molecule has 1 fully saturated rings. The number of pyridine rings is 1. The number of anilines is 1. The van der Waals surface area contributed by atoms with Gasteiger partial charge >= 0.3 is 0 Å². The molecular weight excluding hydrogens is 232 g/mol. The average molecular weight is 252 g/mol. The van der Waals surface area contributed by atoms with Gasteiger partial charge in [0.2, 0.25) is 5.88 Å². The summed E-state index contributed by atoms with van der Waals surface area (Å²) in [5, 5.41) is 1.02. The van der Waals surface area contributed by atoms with Crippen LogP contribution in [-0.2, 0) is 0 Å². The van der Waals surface area contributed by atoms with Gasteiger partial charge in [0.25, 0.3) is 0 Å².